The molecule has 3 heteroatoms. The summed E-state index contributed by atoms with van der Waals surface area (Å²) in [6, 6.07) is 0. The van der Waals surface area contributed by atoms with Crippen molar-refractivity contribution in [2.24, 2.45) is 0 Å². The molecule has 26 heavy (non-hydrogen) atoms. The Hall–Kier alpha value is -0.570. The van der Waals surface area contributed by atoms with Crippen LogP contribution in [0.25, 0.3) is 0 Å². The van der Waals surface area contributed by atoms with Crippen LogP contribution in [0.1, 0.15) is 123 Å². The molecule has 0 heterocycles. The summed E-state index contributed by atoms with van der Waals surface area (Å²) in [6.45, 7) is 6.85. The summed E-state index contributed by atoms with van der Waals surface area (Å²) < 4.78 is 5.66. The van der Waals surface area contributed by atoms with Gasteiger partial charge in [-0.15, -0.1) is 0 Å². The van der Waals surface area contributed by atoms with Gasteiger partial charge in [-0.3, -0.25) is 4.79 Å². The molecule has 0 rings (SSSR count). The number of nitrogens with one attached hydrogen (secondary N) is 1. The number of ether oxygens (including phenoxy) is 1. The van der Waals surface area contributed by atoms with Crippen molar-refractivity contribution < 1.29 is 9.53 Å². The third-order valence-electron chi connectivity index (χ3n) is 4.91. The van der Waals surface area contributed by atoms with E-state index in [1.54, 1.807) is 0 Å². The van der Waals surface area contributed by atoms with Crippen molar-refractivity contribution in [3.63, 3.8) is 0 Å². The van der Waals surface area contributed by atoms with E-state index in [4.69, 9.17) is 4.74 Å². The lowest BCUT2D eigenvalue weighted by molar-refractivity contribution is -0.121. The summed E-state index contributed by atoms with van der Waals surface area (Å²) in [5.41, 5.74) is 0. The molecular formula is C23H47NO2. The van der Waals surface area contributed by atoms with Crippen LogP contribution in [0.4, 0.5) is 0 Å². The molecule has 0 aliphatic carbocycles. The molecule has 156 valence electrons. The Labute approximate surface area is 164 Å². The van der Waals surface area contributed by atoms with Crippen LogP contribution in [0, 0.1) is 0 Å². The van der Waals surface area contributed by atoms with Gasteiger partial charge in [0.2, 0.25) is 5.91 Å². The zero-order valence-corrected chi connectivity index (χ0v) is 18.0. The lowest BCUT2D eigenvalue weighted by Crippen LogP contribution is -2.23. The van der Waals surface area contributed by atoms with Crippen molar-refractivity contribution in [3.05, 3.63) is 0 Å². The monoisotopic (exact) mass is 369 g/mol. The normalized spacial score (nSPS) is 11.0. The summed E-state index contributed by atoms with van der Waals surface area (Å²) in [7, 11) is 0. The maximum atomic E-state index is 11.4. The van der Waals surface area contributed by atoms with Gasteiger partial charge in [-0.2, -0.15) is 0 Å². The van der Waals surface area contributed by atoms with Crippen LogP contribution in [0.2, 0.25) is 0 Å². The first-order chi connectivity index (χ1) is 12.8. The van der Waals surface area contributed by atoms with Gasteiger partial charge in [0, 0.05) is 26.2 Å². The van der Waals surface area contributed by atoms with Crippen molar-refractivity contribution in [3.8, 4) is 0 Å². The molecule has 0 saturated heterocycles. The van der Waals surface area contributed by atoms with E-state index >= 15 is 0 Å². The molecule has 0 aromatic heterocycles. The predicted molar refractivity (Wildman–Crippen MR) is 114 cm³/mol. The highest BCUT2D eigenvalue weighted by Gasteiger charge is 1.99. The standard InChI is InChI=1S/C23H47NO2/c1-3-5-6-7-8-9-10-11-12-13-14-15-17-21-26-22-18-16-19-23(25)24-20-4-2/h3-22H2,1-2H3,(H,24,25). The van der Waals surface area contributed by atoms with E-state index in [0.717, 1.165) is 39.0 Å². The van der Waals surface area contributed by atoms with E-state index < -0.39 is 0 Å². The first-order valence-corrected chi connectivity index (χ1v) is 11.7. The summed E-state index contributed by atoms with van der Waals surface area (Å²) in [6.07, 6.45) is 21.6. The predicted octanol–water partition coefficient (Wildman–Crippen LogP) is 6.79. The Balaban J connectivity index is 3.04. The second-order valence-electron chi connectivity index (χ2n) is 7.66. The van der Waals surface area contributed by atoms with Crippen molar-refractivity contribution in [2.75, 3.05) is 19.8 Å². The fraction of sp³-hybridized carbons (Fsp3) is 0.957. The molecule has 0 spiro atoms. The van der Waals surface area contributed by atoms with Gasteiger partial charge in [-0.1, -0.05) is 90.9 Å². The highest BCUT2D eigenvalue weighted by atomic mass is 16.5. The number of carbonyl (C=O) groups is 1. The second-order valence-corrected chi connectivity index (χ2v) is 7.66. The SMILES string of the molecule is CCCCCCCCCCCCCCCOCCCCC(=O)NCCC. The molecule has 0 aliphatic heterocycles. The lowest BCUT2D eigenvalue weighted by atomic mass is 10.0. The Morgan fingerprint density at radius 3 is 1.58 bits per heavy atom. The van der Waals surface area contributed by atoms with E-state index in [9.17, 15) is 4.79 Å². The Bertz CT molecular complexity index is 281. The van der Waals surface area contributed by atoms with Crippen LogP contribution in [-0.4, -0.2) is 25.7 Å². The van der Waals surface area contributed by atoms with Gasteiger partial charge in [-0.05, 0) is 25.7 Å². The molecule has 0 aromatic carbocycles. The third kappa shape index (κ3) is 21.5. The Kier molecular flexibility index (Phi) is 22.0. The van der Waals surface area contributed by atoms with Crippen molar-refractivity contribution >= 4 is 5.91 Å². The van der Waals surface area contributed by atoms with Crippen LogP contribution in [0.5, 0.6) is 0 Å². The first-order valence-electron chi connectivity index (χ1n) is 11.7. The fourth-order valence-electron chi connectivity index (χ4n) is 3.17. The fourth-order valence-corrected chi connectivity index (χ4v) is 3.17. The van der Waals surface area contributed by atoms with Gasteiger partial charge in [0.05, 0.1) is 0 Å². The number of amides is 1. The number of hydrogen-bond donors (Lipinski definition) is 1. The van der Waals surface area contributed by atoms with Crippen LogP contribution in [-0.2, 0) is 9.53 Å². The van der Waals surface area contributed by atoms with E-state index in [2.05, 4.69) is 19.2 Å². The smallest absolute Gasteiger partial charge is 0.219 e. The molecule has 0 radical (unpaired) electrons. The van der Waals surface area contributed by atoms with E-state index in [1.807, 2.05) is 0 Å². The van der Waals surface area contributed by atoms with Crippen molar-refractivity contribution in [2.45, 2.75) is 123 Å². The molecular weight excluding hydrogens is 322 g/mol. The molecule has 0 aliphatic rings. The van der Waals surface area contributed by atoms with Crippen molar-refractivity contribution in [1.29, 1.82) is 0 Å². The molecule has 0 aromatic rings. The zero-order valence-electron chi connectivity index (χ0n) is 18.0. The topological polar surface area (TPSA) is 38.3 Å². The minimum absolute atomic E-state index is 0.184. The minimum atomic E-state index is 0.184. The van der Waals surface area contributed by atoms with Crippen LogP contribution in [0.3, 0.4) is 0 Å². The van der Waals surface area contributed by atoms with Gasteiger partial charge in [0.15, 0.2) is 0 Å². The van der Waals surface area contributed by atoms with Gasteiger partial charge in [0.1, 0.15) is 0 Å². The maximum absolute atomic E-state index is 11.4. The number of carbonyl (C=O) groups excluding carboxylic acids is 1. The summed E-state index contributed by atoms with van der Waals surface area (Å²) in [4.78, 5) is 11.4. The second kappa shape index (κ2) is 22.5. The molecule has 1 N–H and O–H groups in total. The molecule has 0 saturated carbocycles. The molecule has 1 amide bonds. The highest BCUT2D eigenvalue weighted by molar-refractivity contribution is 5.75. The maximum Gasteiger partial charge on any atom is 0.219 e. The largest absolute Gasteiger partial charge is 0.381 e. The minimum Gasteiger partial charge on any atom is -0.381 e. The quantitative estimate of drug-likeness (QED) is 0.226. The molecule has 0 fully saturated rings. The van der Waals surface area contributed by atoms with Gasteiger partial charge < -0.3 is 10.1 Å². The van der Waals surface area contributed by atoms with Crippen LogP contribution < -0.4 is 5.32 Å². The molecule has 0 atom stereocenters. The van der Waals surface area contributed by atoms with Gasteiger partial charge in [0.25, 0.3) is 0 Å². The van der Waals surface area contributed by atoms with E-state index in [0.29, 0.717) is 6.42 Å². The molecule has 0 bridgehead atoms. The van der Waals surface area contributed by atoms with Crippen LogP contribution >= 0.6 is 0 Å². The summed E-state index contributed by atoms with van der Waals surface area (Å²) in [5, 5.41) is 2.91. The van der Waals surface area contributed by atoms with Crippen molar-refractivity contribution in [1.82, 2.24) is 5.32 Å². The highest BCUT2D eigenvalue weighted by Crippen LogP contribution is 2.12. The average Bonchev–Trinajstić information content (AvgIpc) is 2.65. The van der Waals surface area contributed by atoms with E-state index in [-0.39, 0.29) is 5.91 Å². The first kappa shape index (κ1) is 25.4. The molecule has 3 nitrogen and oxygen atoms in total. The van der Waals surface area contributed by atoms with Gasteiger partial charge in [-0.25, -0.2) is 0 Å². The number of rotatable bonds is 21. The molecule has 0 unspecified atom stereocenters. The number of unbranched alkanes of at least 4 members (excludes halogenated alkanes) is 13. The summed E-state index contributed by atoms with van der Waals surface area (Å²) in [5.74, 6) is 0.184. The Morgan fingerprint density at radius 1 is 0.615 bits per heavy atom. The van der Waals surface area contributed by atoms with Crippen LogP contribution in [0.15, 0.2) is 0 Å². The zero-order chi connectivity index (χ0) is 19.1. The summed E-state index contributed by atoms with van der Waals surface area (Å²) >= 11 is 0. The van der Waals surface area contributed by atoms with Gasteiger partial charge >= 0.3 is 0 Å². The number of hydrogen-bond acceptors (Lipinski definition) is 2. The Morgan fingerprint density at radius 2 is 1.08 bits per heavy atom. The van der Waals surface area contributed by atoms with E-state index in [1.165, 1.54) is 83.5 Å². The third-order valence-corrected chi connectivity index (χ3v) is 4.91. The average molecular weight is 370 g/mol. The lowest BCUT2D eigenvalue weighted by Gasteiger charge is -2.05.